The minimum Gasteiger partial charge on any atom is -0.304 e. The number of nitrogens with zero attached hydrogens (tertiary/aromatic N) is 5. The molecule has 1 aliphatic heterocycles. The van der Waals surface area contributed by atoms with Crippen LogP contribution in [0.5, 0.6) is 0 Å². The summed E-state index contributed by atoms with van der Waals surface area (Å²) in [6.45, 7) is 35.3. The van der Waals surface area contributed by atoms with E-state index in [1.807, 2.05) is 0 Å². The van der Waals surface area contributed by atoms with Gasteiger partial charge in [0.05, 0.1) is 0 Å². The lowest BCUT2D eigenvalue weighted by Crippen LogP contribution is -2.48. The van der Waals surface area contributed by atoms with Gasteiger partial charge in [-0.1, -0.05) is 418 Å². The molecule has 1 heterocycles. The van der Waals surface area contributed by atoms with E-state index in [0.717, 1.165) is 0 Å². The first kappa shape index (κ1) is 111. The van der Waals surface area contributed by atoms with E-state index < -0.39 is 0 Å². The van der Waals surface area contributed by atoms with Crippen molar-refractivity contribution in [1.82, 2.24) is 24.5 Å². The lowest BCUT2D eigenvalue weighted by molar-refractivity contribution is 0.117. The quantitative estimate of drug-likeness (QED) is 0.0444. The number of unbranched alkanes of at least 4 members (excludes halogenated alkanes) is 62. The van der Waals surface area contributed by atoms with Gasteiger partial charge in [0.1, 0.15) is 0 Å². The third-order valence-corrected chi connectivity index (χ3v) is 24.3. The SMILES string of the molecule is C.CCCCCCCC/C=C\CCCCCCCCN(CC)CCCCCCCCC/C=C\CCCCCCCCC.CCCCCCCC/C=C\CCCCCCCCN(CCCCCCCC/C=C\CCCCCCCC)CCN(CCCCCCCC/C=C\CCCCCCCC)CCN1CCN(CC)CC1. The highest BCUT2D eigenvalue weighted by molar-refractivity contribution is 4.85. The van der Waals surface area contributed by atoms with Gasteiger partial charge in [-0.15, -0.1) is 0 Å². The molecule has 1 rings (SSSR count). The van der Waals surface area contributed by atoms with E-state index in [1.165, 1.54) is 560 Å². The maximum atomic E-state index is 2.90. The molecule has 0 N–H and O–H groups in total. The molecule has 0 unspecified atom stereocenters. The Morgan fingerprint density at radius 1 is 0.173 bits per heavy atom. The fourth-order valence-electron chi connectivity index (χ4n) is 16.3. The number of piperazine rings is 1. The van der Waals surface area contributed by atoms with Crippen molar-refractivity contribution >= 4 is 0 Å². The molecule has 1 fully saturated rings. The van der Waals surface area contributed by atoms with Gasteiger partial charge in [-0.25, -0.2) is 0 Å². The Balaban J connectivity index is 0. The smallest absolute Gasteiger partial charge is 0.0110 e. The summed E-state index contributed by atoms with van der Waals surface area (Å²) in [4.78, 5) is 13.9. The van der Waals surface area contributed by atoms with Gasteiger partial charge < -0.3 is 19.6 Å². The predicted octanol–water partition coefficient (Wildman–Crippen LogP) is 34.1. The average molecular weight is 1540 g/mol. The molecule has 0 aromatic heterocycles. The van der Waals surface area contributed by atoms with E-state index in [9.17, 15) is 0 Å². The van der Waals surface area contributed by atoms with Gasteiger partial charge in [-0.05, 0) is 206 Å². The first-order valence-corrected chi connectivity index (χ1v) is 50.9. The number of hydrogen-bond donors (Lipinski definition) is 0. The first-order valence-electron chi connectivity index (χ1n) is 50.9. The molecule has 654 valence electrons. The first-order chi connectivity index (χ1) is 54.1. The Bertz CT molecular complexity index is 1730. The Hall–Kier alpha value is -1.50. The van der Waals surface area contributed by atoms with Gasteiger partial charge in [0.25, 0.3) is 0 Å². The van der Waals surface area contributed by atoms with Gasteiger partial charge in [0.2, 0.25) is 0 Å². The van der Waals surface area contributed by atoms with Crippen molar-refractivity contribution in [2.75, 3.05) is 98.2 Å². The summed E-state index contributed by atoms with van der Waals surface area (Å²) in [5.74, 6) is 0. The van der Waals surface area contributed by atoms with Crippen LogP contribution in [0.3, 0.4) is 0 Å². The van der Waals surface area contributed by atoms with Crippen molar-refractivity contribution in [1.29, 1.82) is 0 Å². The van der Waals surface area contributed by atoms with Crippen LogP contribution in [0.25, 0.3) is 0 Å². The molecule has 110 heavy (non-hydrogen) atoms. The molecule has 0 spiro atoms. The summed E-state index contributed by atoms with van der Waals surface area (Å²) in [6.07, 6.45) is 125. The minimum atomic E-state index is 0. The van der Waals surface area contributed by atoms with Crippen LogP contribution < -0.4 is 0 Å². The molecular weight excluding hydrogens is 1330 g/mol. The minimum absolute atomic E-state index is 0. The molecule has 0 aliphatic carbocycles. The second kappa shape index (κ2) is 99.9. The highest BCUT2D eigenvalue weighted by Gasteiger charge is 2.17. The Labute approximate surface area is 697 Å². The van der Waals surface area contributed by atoms with Crippen molar-refractivity contribution in [2.24, 2.45) is 0 Å². The zero-order valence-electron chi connectivity index (χ0n) is 76.5. The summed E-state index contributed by atoms with van der Waals surface area (Å²) in [7, 11) is 0. The highest BCUT2D eigenvalue weighted by Crippen LogP contribution is 2.19. The topological polar surface area (TPSA) is 16.2 Å². The third-order valence-electron chi connectivity index (χ3n) is 24.3. The summed E-state index contributed by atoms with van der Waals surface area (Å²) >= 11 is 0. The third kappa shape index (κ3) is 90.4. The second-order valence-corrected chi connectivity index (χ2v) is 34.8. The number of hydrogen-bond acceptors (Lipinski definition) is 5. The predicted molar refractivity (Wildman–Crippen MR) is 507 cm³/mol. The van der Waals surface area contributed by atoms with Crippen LogP contribution in [0.2, 0.25) is 0 Å². The highest BCUT2D eigenvalue weighted by atomic mass is 15.3. The molecule has 0 atom stereocenters. The van der Waals surface area contributed by atoms with Crippen molar-refractivity contribution in [3.8, 4) is 0 Å². The van der Waals surface area contributed by atoms with Crippen molar-refractivity contribution in [3.05, 3.63) is 60.8 Å². The van der Waals surface area contributed by atoms with Gasteiger partial charge in [0, 0.05) is 52.4 Å². The molecular formula is C105H209N5. The van der Waals surface area contributed by atoms with E-state index in [0.29, 0.717) is 0 Å². The normalized spacial score (nSPS) is 13.3. The van der Waals surface area contributed by atoms with E-state index in [2.05, 4.69) is 134 Å². The Morgan fingerprint density at radius 2 is 0.336 bits per heavy atom. The average Bonchev–Trinajstić information content (AvgIpc) is 0.910. The number of allylic oxidation sites excluding steroid dienone is 10. The fourth-order valence-corrected chi connectivity index (χ4v) is 16.3. The van der Waals surface area contributed by atoms with Crippen LogP contribution in [0.1, 0.15) is 518 Å². The van der Waals surface area contributed by atoms with E-state index >= 15 is 0 Å². The van der Waals surface area contributed by atoms with Crippen LogP contribution in [-0.2, 0) is 0 Å². The van der Waals surface area contributed by atoms with Gasteiger partial charge in [-0.3, -0.25) is 4.90 Å². The molecule has 1 aliphatic rings. The van der Waals surface area contributed by atoms with E-state index in [1.54, 1.807) is 0 Å². The molecule has 0 aromatic carbocycles. The maximum absolute atomic E-state index is 2.90. The lowest BCUT2D eigenvalue weighted by atomic mass is 10.1. The summed E-state index contributed by atoms with van der Waals surface area (Å²) in [5, 5.41) is 0. The molecule has 0 radical (unpaired) electrons. The van der Waals surface area contributed by atoms with E-state index in [-0.39, 0.29) is 7.43 Å². The Morgan fingerprint density at radius 3 is 0.527 bits per heavy atom. The standard InChI is InChI=1S/C64H126N4.C40H79N.CH4/c1-5-9-12-15-18-21-24-27-30-33-36-39-42-45-48-51-54-66(55-52-49-46-43-40-37-34-31-28-25-22-19-16-13-10-6-2)61-62-67(63-64-68-59-57-65(8-4)58-60-68)56-53-50-47-44-41-38-35-32-29-26-23-20-17-14-11-7-3;1-4-7-9-11-13-15-17-19-21-23-24-26-28-30-32-34-36-38-40-41(6-3)39-37-35-33-31-29-27-25-22-20-18-16-14-12-10-8-5-2;/h27-32H,5-26,33-64H2,1-4H3;20-23H,4-19,24-40H2,1-3H3;1H4/b30-27-,31-28-,32-29-;22-20-,23-21-;. The number of likely N-dealkylation sites (N-methyl/N-ethyl adjacent to an activating group) is 1. The van der Waals surface area contributed by atoms with Crippen molar-refractivity contribution in [2.45, 2.75) is 518 Å². The second-order valence-electron chi connectivity index (χ2n) is 34.8. The summed E-state index contributed by atoms with van der Waals surface area (Å²) < 4.78 is 0. The van der Waals surface area contributed by atoms with Crippen LogP contribution in [0.4, 0.5) is 0 Å². The largest absolute Gasteiger partial charge is 0.304 e. The van der Waals surface area contributed by atoms with Crippen LogP contribution >= 0.6 is 0 Å². The maximum Gasteiger partial charge on any atom is 0.0110 e. The van der Waals surface area contributed by atoms with Gasteiger partial charge in [0.15, 0.2) is 0 Å². The molecule has 0 amide bonds. The van der Waals surface area contributed by atoms with Crippen LogP contribution in [0, 0.1) is 0 Å². The fraction of sp³-hybridized carbons (Fsp3) is 0.905. The van der Waals surface area contributed by atoms with Gasteiger partial charge in [-0.2, -0.15) is 0 Å². The summed E-state index contributed by atoms with van der Waals surface area (Å²) in [5.41, 5.74) is 0. The lowest BCUT2D eigenvalue weighted by Gasteiger charge is -2.35. The monoisotopic (exact) mass is 1540 g/mol. The van der Waals surface area contributed by atoms with Gasteiger partial charge >= 0.3 is 0 Å². The van der Waals surface area contributed by atoms with Crippen molar-refractivity contribution < 1.29 is 0 Å². The Kier molecular flexibility index (Phi) is 100. The molecule has 1 saturated heterocycles. The molecule has 0 aromatic rings. The zero-order chi connectivity index (χ0) is 78.5. The van der Waals surface area contributed by atoms with Crippen LogP contribution in [0.15, 0.2) is 60.8 Å². The number of rotatable bonds is 90. The molecule has 0 bridgehead atoms. The molecule has 5 nitrogen and oxygen atoms in total. The summed E-state index contributed by atoms with van der Waals surface area (Å²) in [6, 6.07) is 0. The van der Waals surface area contributed by atoms with Crippen LogP contribution in [-0.4, -0.2) is 123 Å². The van der Waals surface area contributed by atoms with Crippen molar-refractivity contribution in [3.63, 3.8) is 0 Å². The molecule has 5 heteroatoms. The zero-order valence-corrected chi connectivity index (χ0v) is 76.5. The molecule has 0 saturated carbocycles. The van der Waals surface area contributed by atoms with E-state index in [4.69, 9.17) is 0 Å².